The smallest absolute Gasteiger partial charge is 0.119 e. The summed E-state index contributed by atoms with van der Waals surface area (Å²) >= 11 is 0. The summed E-state index contributed by atoms with van der Waals surface area (Å²) < 4.78 is 7.39. The van der Waals surface area contributed by atoms with Gasteiger partial charge in [-0.3, -0.25) is 4.68 Å². The lowest BCUT2D eigenvalue weighted by molar-refractivity contribution is 0.340. The topological polar surface area (TPSA) is 27.1 Å². The summed E-state index contributed by atoms with van der Waals surface area (Å²) in [7, 11) is 1.99. The van der Waals surface area contributed by atoms with Gasteiger partial charge in [-0.25, -0.2) is 0 Å². The molecular formula is C15H20N2O. The molecule has 0 aliphatic carbocycles. The first kappa shape index (κ1) is 12.7. The number of ether oxygens (including phenoxy) is 1. The molecule has 0 fully saturated rings. The molecule has 2 rings (SSSR count). The minimum absolute atomic E-state index is 0.700. The van der Waals surface area contributed by atoms with E-state index in [1.54, 1.807) is 0 Å². The minimum atomic E-state index is 0.700. The number of aromatic nitrogens is 2. The second kappa shape index (κ2) is 5.71. The summed E-state index contributed by atoms with van der Waals surface area (Å²) in [6, 6.07) is 10.3. The number of benzene rings is 1. The summed E-state index contributed by atoms with van der Waals surface area (Å²) in [4.78, 5) is 0. The van der Waals surface area contributed by atoms with E-state index in [1.165, 1.54) is 5.56 Å². The highest BCUT2D eigenvalue weighted by Gasteiger charge is 2.06. The van der Waals surface area contributed by atoms with Crippen molar-refractivity contribution in [1.82, 2.24) is 9.78 Å². The monoisotopic (exact) mass is 244 g/mol. The average Bonchev–Trinajstić information content (AvgIpc) is 2.72. The highest BCUT2D eigenvalue weighted by atomic mass is 16.5. The van der Waals surface area contributed by atoms with Gasteiger partial charge in [-0.1, -0.05) is 13.3 Å². The van der Waals surface area contributed by atoms with Gasteiger partial charge >= 0.3 is 0 Å². The SMILES string of the molecule is CCCc1cc(-c2ccc(OCC)cc2)n(C)n1. The lowest BCUT2D eigenvalue weighted by Crippen LogP contribution is -1.95. The van der Waals surface area contributed by atoms with Gasteiger partial charge in [0.25, 0.3) is 0 Å². The number of hydrogen-bond donors (Lipinski definition) is 0. The number of nitrogens with zero attached hydrogens (tertiary/aromatic N) is 2. The van der Waals surface area contributed by atoms with Crippen LogP contribution < -0.4 is 4.74 Å². The van der Waals surface area contributed by atoms with Crippen molar-refractivity contribution in [3.05, 3.63) is 36.0 Å². The molecule has 1 aromatic heterocycles. The Hall–Kier alpha value is -1.77. The molecule has 0 aliphatic rings. The molecule has 3 heteroatoms. The van der Waals surface area contributed by atoms with Crippen LogP contribution in [-0.2, 0) is 13.5 Å². The van der Waals surface area contributed by atoms with E-state index in [2.05, 4.69) is 30.2 Å². The third-order valence-electron chi connectivity index (χ3n) is 2.90. The van der Waals surface area contributed by atoms with Crippen LogP contribution in [0.3, 0.4) is 0 Å². The van der Waals surface area contributed by atoms with Crippen molar-refractivity contribution in [2.24, 2.45) is 7.05 Å². The van der Waals surface area contributed by atoms with Gasteiger partial charge in [0.05, 0.1) is 18.0 Å². The Bertz CT molecular complexity index is 500. The van der Waals surface area contributed by atoms with Gasteiger partial charge in [0.1, 0.15) is 5.75 Å². The summed E-state index contributed by atoms with van der Waals surface area (Å²) in [5, 5.41) is 4.52. The van der Waals surface area contributed by atoms with Gasteiger partial charge in [-0.15, -0.1) is 0 Å². The molecule has 0 bridgehead atoms. The maximum absolute atomic E-state index is 5.45. The molecule has 0 aliphatic heterocycles. The molecule has 3 nitrogen and oxygen atoms in total. The lowest BCUT2D eigenvalue weighted by atomic mass is 10.1. The normalized spacial score (nSPS) is 10.6. The van der Waals surface area contributed by atoms with Crippen LogP contribution in [0.25, 0.3) is 11.3 Å². The van der Waals surface area contributed by atoms with E-state index in [9.17, 15) is 0 Å². The third kappa shape index (κ3) is 2.73. The molecular weight excluding hydrogens is 224 g/mol. The molecule has 0 N–H and O–H groups in total. The van der Waals surface area contributed by atoms with Crippen molar-refractivity contribution >= 4 is 0 Å². The number of aryl methyl sites for hydroxylation is 2. The van der Waals surface area contributed by atoms with Gasteiger partial charge in [-0.2, -0.15) is 5.10 Å². The van der Waals surface area contributed by atoms with Crippen LogP contribution in [0.15, 0.2) is 30.3 Å². The fraction of sp³-hybridized carbons (Fsp3) is 0.400. The maximum Gasteiger partial charge on any atom is 0.119 e. The number of hydrogen-bond acceptors (Lipinski definition) is 2. The van der Waals surface area contributed by atoms with Crippen molar-refractivity contribution in [3.63, 3.8) is 0 Å². The molecule has 0 spiro atoms. The zero-order chi connectivity index (χ0) is 13.0. The highest BCUT2D eigenvalue weighted by molar-refractivity contribution is 5.61. The Morgan fingerprint density at radius 2 is 1.89 bits per heavy atom. The Labute approximate surface area is 108 Å². The van der Waals surface area contributed by atoms with E-state index in [0.29, 0.717) is 6.61 Å². The predicted octanol–water partition coefficient (Wildman–Crippen LogP) is 3.44. The predicted molar refractivity (Wildman–Crippen MR) is 73.8 cm³/mol. The fourth-order valence-electron chi connectivity index (χ4n) is 2.06. The molecule has 96 valence electrons. The fourth-order valence-corrected chi connectivity index (χ4v) is 2.06. The molecule has 0 atom stereocenters. The van der Waals surface area contributed by atoms with E-state index >= 15 is 0 Å². The second-order valence-electron chi connectivity index (χ2n) is 4.35. The van der Waals surface area contributed by atoms with Crippen LogP contribution in [-0.4, -0.2) is 16.4 Å². The van der Waals surface area contributed by atoms with E-state index in [0.717, 1.165) is 30.0 Å². The molecule has 18 heavy (non-hydrogen) atoms. The van der Waals surface area contributed by atoms with Crippen LogP contribution >= 0.6 is 0 Å². The quantitative estimate of drug-likeness (QED) is 0.805. The van der Waals surface area contributed by atoms with Crippen LogP contribution in [0.2, 0.25) is 0 Å². The van der Waals surface area contributed by atoms with Gasteiger partial charge < -0.3 is 4.74 Å². The van der Waals surface area contributed by atoms with E-state index < -0.39 is 0 Å². The Kier molecular flexibility index (Phi) is 4.03. The van der Waals surface area contributed by atoms with Crippen molar-refractivity contribution < 1.29 is 4.74 Å². The van der Waals surface area contributed by atoms with Gasteiger partial charge in [0, 0.05) is 12.6 Å². The zero-order valence-electron chi connectivity index (χ0n) is 11.3. The molecule has 0 saturated carbocycles. The first-order valence-corrected chi connectivity index (χ1v) is 6.50. The molecule has 0 radical (unpaired) electrons. The molecule has 0 unspecified atom stereocenters. The first-order chi connectivity index (χ1) is 8.74. The first-order valence-electron chi connectivity index (χ1n) is 6.50. The van der Waals surface area contributed by atoms with Crippen molar-refractivity contribution in [2.45, 2.75) is 26.7 Å². The summed E-state index contributed by atoms with van der Waals surface area (Å²) in [6.07, 6.45) is 2.16. The van der Waals surface area contributed by atoms with Crippen LogP contribution in [0.5, 0.6) is 5.75 Å². The third-order valence-corrected chi connectivity index (χ3v) is 2.90. The Morgan fingerprint density at radius 3 is 2.50 bits per heavy atom. The van der Waals surface area contributed by atoms with Crippen LogP contribution in [0.1, 0.15) is 26.0 Å². The Morgan fingerprint density at radius 1 is 1.17 bits per heavy atom. The summed E-state index contributed by atoms with van der Waals surface area (Å²) in [6.45, 7) is 4.86. The molecule has 0 saturated heterocycles. The van der Waals surface area contributed by atoms with E-state index in [4.69, 9.17) is 4.74 Å². The molecule has 1 heterocycles. The molecule has 1 aromatic carbocycles. The highest BCUT2D eigenvalue weighted by Crippen LogP contribution is 2.23. The molecule has 2 aromatic rings. The average molecular weight is 244 g/mol. The van der Waals surface area contributed by atoms with E-state index in [1.807, 2.05) is 30.8 Å². The summed E-state index contributed by atoms with van der Waals surface area (Å²) in [5.41, 5.74) is 3.49. The molecule has 0 amide bonds. The van der Waals surface area contributed by atoms with Crippen molar-refractivity contribution in [3.8, 4) is 17.0 Å². The van der Waals surface area contributed by atoms with Crippen LogP contribution in [0.4, 0.5) is 0 Å². The maximum atomic E-state index is 5.45. The van der Waals surface area contributed by atoms with Gasteiger partial charge in [0.15, 0.2) is 0 Å². The number of rotatable bonds is 5. The van der Waals surface area contributed by atoms with Crippen molar-refractivity contribution in [2.75, 3.05) is 6.61 Å². The van der Waals surface area contributed by atoms with Gasteiger partial charge in [0.2, 0.25) is 0 Å². The van der Waals surface area contributed by atoms with E-state index in [-0.39, 0.29) is 0 Å². The second-order valence-corrected chi connectivity index (χ2v) is 4.35. The lowest BCUT2D eigenvalue weighted by Gasteiger charge is -2.05. The minimum Gasteiger partial charge on any atom is -0.494 e. The van der Waals surface area contributed by atoms with Gasteiger partial charge in [-0.05, 0) is 43.7 Å². The largest absolute Gasteiger partial charge is 0.494 e. The zero-order valence-corrected chi connectivity index (χ0v) is 11.3. The standard InChI is InChI=1S/C15H20N2O/c1-4-6-13-11-15(17(3)16-13)12-7-9-14(10-8-12)18-5-2/h7-11H,4-6H2,1-3H3. The Balaban J connectivity index is 2.24. The summed E-state index contributed by atoms with van der Waals surface area (Å²) in [5.74, 6) is 0.914. The van der Waals surface area contributed by atoms with Crippen LogP contribution in [0, 0.1) is 0 Å². The van der Waals surface area contributed by atoms with Crippen molar-refractivity contribution in [1.29, 1.82) is 0 Å².